The molecule has 8 rings (SSSR count). The fraction of sp³-hybridized carbons (Fsp3) is 0.0600. The Morgan fingerprint density at radius 3 is 1.56 bits per heavy atom. The largest absolute Gasteiger partial charge is 0.264 e. The average molecular weight is 710 g/mol. The zero-order valence-corrected chi connectivity index (χ0v) is 30.8. The third kappa shape index (κ3) is 7.82. The van der Waals surface area contributed by atoms with Gasteiger partial charge in [-0.3, -0.25) is 4.98 Å². The van der Waals surface area contributed by atoms with Gasteiger partial charge < -0.3 is 0 Å². The zero-order chi connectivity index (χ0) is 37.4. The molecule has 264 valence electrons. The highest BCUT2D eigenvalue weighted by molar-refractivity contribution is 5.82. The number of pyridine rings is 1. The highest BCUT2D eigenvalue weighted by atomic mass is 14.9. The summed E-state index contributed by atoms with van der Waals surface area (Å²) in [6.07, 6.45) is 10.0. The number of rotatable bonds is 10. The first kappa shape index (κ1) is 34.9. The van der Waals surface area contributed by atoms with E-state index in [4.69, 9.17) is 19.9 Å². The lowest BCUT2D eigenvalue weighted by Gasteiger charge is -2.19. The summed E-state index contributed by atoms with van der Waals surface area (Å²) in [6, 6.07) is 55.8. The molecule has 0 saturated carbocycles. The molecule has 0 aliphatic heterocycles. The van der Waals surface area contributed by atoms with Gasteiger partial charge in [0.05, 0.1) is 34.2 Å². The van der Waals surface area contributed by atoms with Gasteiger partial charge in [0.2, 0.25) is 0 Å². The molecule has 0 aliphatic rings. The van der Waals surface area contributed by atoms with E-state index in [0.29, 0.717) is 5.82 Å². The molecule has 1 unspecified atom stereocenters. The molecule has 0 fully saturated rings. The Bertz CT molecular complexity index is 2590. The molecule has 0 spiro atoms. The minimum absolute atomic E-state index is 0.164. The molecule has 0 bridgehead atoms. The van der Waals surface area contributed by atoms with E-state index in [1.54, 1.807) is 6.20 Å². The first-order valence-corrected chi connectivity index (χ1v) is 18.5. The van der Waals surface area contributed by atoms with Crippen LogP contribution in [0.5, 0.6) is 0 Å². The lowest BCUT2D eigenvalue weighted by atomic mass is 9.95. The van der Waals surface area contributed by atoms with Gasteiger partial charge >= 0.3 is 0 Å². The topological polar surface area (TPSA) is 64.5 Å². The molecule has 1 atom stereocenters. The Morgan fingerprint density at radius 1 is 0.473 bits per heavy atom. The van der Waals surface area contributed by atoms with Crippen LogP contribution in [0.25, 0.3) is 73.0 Å². The molecule has 0 N–H and O–H groups in total. The number of nitrogens with zero attached hydrogens (tertiary/aromatic N) is 5. The van der Waals surface area contributed by atoms with E-state index in [1.807, 2.05) is 98.1 Å². The monoisotopic (exact) mass is 709 g/mol. The van der Waals surface area contributed by atoms with Crippen molar-refractivity contribution in [2.45, 2.75) is 19.8 Å². The van der Waals surface area contributed by atoms with Crippen LogP contribution in [0.4, 0.5) is 0 Å². The smallest absolute Gasteiger partial charge is 0.160 e. The Labute approximate surface area is 322 Å². The Morgan fingerprint density at radius 2 is 0.982 bits per heavy atom. The van der Waals surface area contributed by atoms with Gasteiger partial charge in [0.25, 0.3) is 0 Å². The normalized spacial score (nSPS) is 12.1. The highest BCUT2D eigenvalue weighted by Gasteiger charge is 2.22. The van der Waals surface area contributed by atoms with Crippen LogP contribution in [-0.4, -0.2) is 24.9 Å². The SMILES string of the molecule is C/C=C\C(=C/C(C)c1nc(-c2ccccc2)c(-c2ccccc2)nc1-c1ccccc1)c1nc(-c2ccccc2)cc(-c2cccc(-c3cccnc3)c2)n1. The van der Waals surface area contributed by atoms with Crippen molar-refractivity contribution in [3.63, 3.8) is 0 Å². The zero-order valence-electron chi connectivity index (χ0n) is 30.8. The van der Waals surface area contributed by atoms with Crippen molar-refractivity contribution >= 4 is 5.57 Å². The van der Waals surface area contributed by atoms with Gasteiger partial charge in [0, 0.05) is 57.3 Å². The third-order valence-corrected chi connectivity index (χ3v) is 9.48. The Hall–Kier alpha value is -7.11. The van der Waals surface area contributed by atoms with Gasteiger partial charge in [0.15, 0.2) is 5.82 Å². The quantitative estimate of drug-likeness (QED) is 0.132. The minimum Gasteiger partial charge on any atom is -0.264 e. The van der Waals surface area contributed by atoms with Crippen molar-refractivity contribution < 1.29 is 0 Å². The maximum absolute atomic E-state index is 5.49. The van der Waals surface area contributed by atoms with E-state index < -0.39 is 0 Å². The van der Waals surface area contributed by atoms with Crippen molar-refractivity contribution in [3.05, 3.63) is 206 Å². The maximum Gasteiger partial charge on any atom is 0.160 e. The molecule has 8 aromatic rings. The summed E-state index contributed by atoms with van der Waals surface area (Å²) in [5.74, 6) is 0.467. The van der Waals surface area contributed by atoms with E-state index in [2.05, 4.69) is 109 Å². The number of allylic oxidation sites excluding steroid dienone is 4. The molecule has 0 radical (unpaired) electrons. The lowest BCUT2D eigenvalue weighted by molar-refractivity contribution is 0.898. The summed E-state index contributed by atoms with van der Waals surface area (Å²) in [4.78, 5) is 25.7. The van der Waals surface area contributed by atoms with E-state index in [1.165, 1.54) is 0 Å². The van der Waals surface area contributed by atoms with Crippen LogP contribution in [0.15, 0.2) is 194 Å². The average Bonchev–Trinajstić information content (AvgIpc) is 3.27. The number of hydrogen-bond donors (Lipinski definition) is 0. The van der Waals surface area contributed by atoms with Crippen LogP contribution in [0.3, 0.4) is 0 Å². The molecule has 3 heterocycles. The van der Waals surface area contributed by atoms with Crippen LogP contribution in [0.2, 0.25) is 0 Å². The lowest BCUT2D eigenvalue weighted by Crippen LogP contribution is -2.06. The van der Waals surface area contributed by atoms with Gasteiger partial charge in [-0.05, 0) is 30.7 Å². The minimum atomic E-state index is -0.164. The molecular weight excluding hydrogens is 671 g/mol. The second-order valence-electron chi connectivity index (χ2n) is 13.3. The molecule has 3 aromatic heterocycles. The van der Waals surface area contributed by atoms with Gasteiger partial charge in [-0.2, -0.15) is 0 Å². The first-order valence-electron chi connectivity index (χ1n) is 18.5. The van der Waals surface area contributed by atoms with Crippen LogP contribution in [-0.2, 0) is 0 Å². The van der Waals surface area contributed by atoms with Gasteiger partial charge in [0.1, 0.15) is 0 Å². The van der Waals surface area contributed by atoms with Crippen molar-refractivity contribution in [1.29, 1.82) is 0 Å². The van der Waals surface area contributed by atoms with Crippen molar-refractivity contribution in [3.8, 4) is 67.4 Å². The van der Waals surface area contributed by atoms with Crippen LogP contribution in [0, 0.1) is 0 Å². The number of benzene rings is 5. The molecule has 0 aliphatic carbocycles. The van der Waals surface area contributed by atoms with Crippen LogP contribution >= 0.6 is 0 Å². The molecule has 0 amide bonds. The second-order valence-corrected chi connectivity index (χ2v) is 13.3. The summed E-state index contributed by atoms with van der Waals surface area (Å²) in [6.45, 7) is 4.20. The van der Waals surface area contributed by atoms with Crippen LogP contribution in [0.1, 0.15) is 31.3 Å². The molecule has 5 nitrogen and oxygen atoms in total. The standard InChI is InChI=1S/C50H39N5/c1-3-18-42(50-52-44(36-19-8-4-9-20-36)33-45(53-50)41-28-16-27-40(32-41)43-29-17-30-51-34-43)31-35(2)46-47(37-21-10-5-11-22-37)55-49(39-25-14-7-15-26-39)48(54-46)38-23-12-6-13-24-38/h3-35H,1-2H3/b18-3-,42-31+. The van der Waals surface area contributed by atoms with Crippen molar-refractivity contribution in [2.75, 3.05) is 0 Å². The highest BCUT2D eigenvalue weighted by Crippen LogP contribution is 2.37. The Balaban J connectivity index is 1.30. The number of hydrogen-bond acceptors (Lipinski definition) is 5. The molecule has 5 aromatic carbocycles. The fourth-order valence-electron chi connectivity index (χ4n) is 6.77. The fourth-order valence-corrected chi connectivity index (χ4v) is 6.77. The summed E-state index contributed by atoms with van der Waals surface area (Å²) in [5.41, 5.74) is 13.1. The predicted molar refractivity (Wildman–Crippen MR) is 226 cm³/mol. The molecule has 5 heteroatoms. The second kappa shape index (κ2) is 16.3. The summed E-state index contributed by atoms with van der Waals surface area (Å²) in [5, 5.41) is 0. The van der Waals surface area contributed by atoms with Gasteiger partial charge in [-0.1, -0.05) is 171 Å². The third-order valence-electron chi connectivity index (χ3n) is 9.48. The molecular formula is C50H39N5. The first-order chi connectivity index (χ1) is 27.1. The van der Waals surface area contributed by atoms with E-state index in [0.717, 1.165) is 78.7 Å². The number of aromatic nitrogens is 5. The van der Waals surface area contributed by atoms with E-state index in [9.17, 15) is 0 Å². The Kier molecular flexibility index (Phi) is 10.3. The molecule has 0 saturated heterocycles. The van der Waals surface area contributed by atoms with Crippen molar-refractivity contribution in [1.82, 2.24) is 24.9 Å². The summed E-state index contributed by atoms with van der Waals surface area (Å²) < 4.78 is 0. The van der Waals surface area contributed by atoms with Crippen LogP contribution < -0.4 is 0 Å². The predicted octanol–water partition coefficient (Wildman–Crippen LogP) is 12.4. The van der Waals surface area contributed by atoms with Gasteiger partial charge in [-0.25, -0.2) is 19.9 Å². The summed E-state index contributed by atoms with van der Waals surface area (Å²) in [7, 11) is 0. The molecule has 55 heavy (non-hydrogen) atoms. The van der Waals surface area contributed by atoms with E-state index in [-0.39, 0.29) is 5.92 Å². The maximum atomic E-state index is 5.49. The van der Waals surface area contributed by atoms with E-state index >= 15 is 0 Å². The van der Waals surface area contributed by atoms with Gasteiger partial charge in [-0.15, -0.1) is 0 Å². The summed E-state index contributed by atoms with van der Waals surface area (Å²) >= 11 is 0. The van der Waals surface area contributed by atoms with Crippen molar-refractivity contribution in [2.24, 2.45) is 0 Å².